The van der Waals surface area contributed by atoms with Gasteiger partial charge in [-0.1, -0.05) is 28.1 Å². The van der Waals surface area contributed by atoms with Crippen molar-refractivity contribution in [1.29, 1.82) is 0 Å². The van der Waals surface area contributed by atoms with E-state index in [0.717, 1.165) is 15.8 Å². The SMILES string of the molecule is Cc1occc1C(=O)NN=Cc1ccc(-c2ccc(Br)cc2)o1. The Hall–Kier alpha value is -2.60. The number of nitrogens with zero attached hydrogens (tertiary/aromatic N) is 1. The third-order valence-corrected chi connectivity index (χ3v) is 3.75. The smallest absolute Gasteiger partial charge is 0.274 e. The number of furan rings is 2. The summed E-state index contributed by atoms with van der Waals surface area (Å²) in [6.07, 6.45) is 2.92. The van der Waals surface area contributed by atoms with Crippen LogP contribution in [0.25, 0.3) is 11.3 Å². The zero-order valence-electron chi connectivity index (χ0n) is 12.2. The van der Waals surface area contributed by atoms with Crippen LogP contribution in [0.15, 0.2) is 67.1 Å². The Morgan fingerprint density at radius 1 is 1.17 bits per heavy atom. The van der Waals surface area contributed by atoms with Crippen molar-refractivity contribution in [3.63, 3.8) is 0 Å². The van der Waals surface area contributed by atoms with Crippen LogP contribution in [0.3, 0.4) is 0 Å². The minimum Gasteiger partial charge on any atom is -0.469 e. The maximum Gasteiger partial charge on any atom is 0.274 e. The Kier molecular flexibility index (Phi) is 4.43. The Bertz CT molecular complexity index is 847. The second-order valence-electron chi connectivity index (χ2n) is 4.80. The van der Waals surface area contributed by atoms with Crippen molar-refractivity contribution in [1.82, 2.24) is 5.43 Å². The lowest BCUT2D eigenvalue weighted by Gasteiger charge is -1.97. The van der Waals surface area contributed by atoms with Gasteiger partial charge >= 0.3 is 0 Å². The van der Waals surface area contributed by atoms with E-state index in [1.165, 1.54) is 12.5 Å². The summed E-state index contributed by atoms with van der Waals surface area (Å²) in [4.78, 5) is 11.9. The summed E-state index contributed by atoms with van der Waals surface area (Å²) in [7, 11) is 0. The molecule has 1 aromatic carbocycles. The van der Waals surface area contributed by atoms with Gasteiger partial charge in [-0.25, -0.2) is 5.43 Å². The Morgan fingerprint density at radius 2 is 1.96 bits per heavy atom. The molecule has 23 heavy (non-hydrogen) atoms. The molecule has 3 aromatic rings. The third kappa shape index (κ3) is 3.60. The molecule has 0 unspecified atom stereocenters. The molecule has 0 atom stereocenters. The largest absolute Gasteiger partial charge is 0.469 e. The molecule has 0 saturated carbocycles. The van der Waals surface area contributed by atoms with Gasteiger partial charge < -0.3 is 8.83 Å². The second-order valence-corrected chi connectivity index (χ2v) is 5.71. The first-order valence-electron chi connectivity index (χ1n) is 6.87. The molecule has 116 valence electrons. The first-order valence-corrected chi connectivity index (χ1v) is 7.66. The van der Waals surface area contributed by atoms with E-state index in [9.17, 15) is 4.79 Å². The van der Waals surface area contributed by atoms with E-state index in [-0.39, 0.29) is 5.91 Å². The van der Waals surface area contributed by atoms with Crippen LogP contribution in [-0.4, -0.2) is 12.1 Å². The molecule has 6 heteroatoms. The van der Waals surface area contributed by atoms with Crippen molar-refractivity contribution in [3.05, 3.63) is 70.3 Å². The van der Waals surface area contributed by atoms with E-state index < -0.39 is 0 Å². The van der Waals surface area contributed by atoms with E-state index in [1.54, 1.807) is 19.1 Å². The molecule has 3 rings (SSSR count). The van der Waals surface area contributed by atoms with Crippen LogP contribution < -0.4 is 5.43 Å². The summed E-state index contributed by atoms with van der Waals surface area (Å²) in [6, 6.07) is 13.0. The predicted molar refractivity (Wildman–Crippen MR) is 90.3 cm³/mol. The predicted octanol–water partition coefficient (Wildman–Crippen LogP) is 4.37. The lowest BCUT2D eigenvalue weighted by molar-refractivity contribution is 0.0953. The number of rotatable bonds is 4. The molecule has 0 saturated heterocycles. The van der Waals surface area contributed by atoms with Crippen molar-refractivity contribution in [2.75, 3.05) is 0 Å². The number of amides is 1. The summed E-state index contributed by atoms with van der Waals surface area (Å²) >= 11 is 3.39. The fourth-order valence-corrected chi connectivity index (χ4v) is 2.29. The Labute approximate surface area is 141 Å². The van der Waals surface area contributed by atoms with Gasteiger partial charge in [-0.05, 0) is 37.3 Å². The number of carbonyl (C=O) groups excluding carboxylic acids is 1. The van der Waals surface area contributed by atoms with Crippen molar-refractivity contribution in [2.45, 2.75) is 6.92 Å². The molecular weight excluding hydrogens is 360 g/mol. The first kappa shape index (κ1) is 15.3. The topological polar surface area (TPSA) is 67.7 Å². The van der Waals surface area contributed by atoms with Crippen molar-refractivity contribution in [2.24, 2.45) is 5.10 Å². The molecule has 0 spiro atoms. The molecule has 0 radical (unpaired) electrons. The van der Waals surface area contributed by atoms with Gasteiger partial charge in [0.2, 0.25) is 0 Å². The highest BCUT2D eigenvalue weighted by Crippen LogP contribution is 2.23. The van der Waals surface area contributed by atoms with E-state index in [4.69, 9.17) is 8.83 Å². The minimum absolute atomic E-state index is 0.327. The van der Waals surface area contributed by atoms with Gasteiger partial charge in [0.15, 0.2) is 0 Å². The van der Waals surface area contributed by atoms with Gasteiger partial charge in [0.25, 0.3) is 5.91 Å². The molecule has 0 bridgehead atoms. The van der Waals surface area contributed by atoms with Crippen LogP contribution in [0, 0.1) is 6.92 Å². The number of carbonyl (C=O) groups is 1. The number of hydrazone groups is 1. The summed E-state index contributed by atoms with van der Waals surface area (Å²) in [5.74, 6) is 1.50. The van der Waals surface area contributed by atoms with Crippen LogP contribution in [0.2, 0.25) is 0 Å². The van der Waals surface area contributed by atoms with Gasteiger partial charge in [-0.3, -0.25) is 4.79 Å². The molecule has 5 nitrogen and oxygen atoms in total. The molecular formula is C17H13BrN2O3. The zero-order valence-corrected chi connectivity index (χ0v) is 13.8. The quantitative estimate of drug-likeness (QED) is 0.545. The number of nitrogens with one attached hydrogen (secondary N) is 1. The Balaban J connectivity index is 1.66. The number of benzene rings is 1. The van der Waals surface area contributed by atoms with Gasteiger partial charge in [0.1, 0.15) is 17.3 Å². The third-order valence-electron chi connectivity index (χ3n) is 3.22. The van der Waals surface area contributed by atoms with E-state index in [1.807, 2.05) is 30.3 Å². The normalized spacial score (nSPS) is 11.0. The van der Waals surface area contributed by atoms with Crippen LogP contribution in [0.5, 0.6) is 0 Å². The van der Waals surface area contributed by atoms with Crippen molar-refractivity contribution < 1.29 is 13.6 Å². The van der Waals surface area contributed by atoms with Crippen LogP contribution in [0.4, 0.5) is 0 Å². The number of halogens is 1. The highest BCUT2D eigenvalue weighted by molar-refractivity contribution is 9.10. The molecule has 2 aromatic heterocycles. The molecule has 1 amide bonds. The molecule has 0 aliphatic rings. The van der Waals surface area contributed by atoms with Gasteiger partial charge in [0.05, 0.1) is 18.0 Å². The zero-order chi connectivity index (χ0) is 16.2. The van der Waals surface area contributed by atoms with E-state index >= 15 is 0 Å². The number of hydrogen-bond acceptors (Lipinski definition) is 4. The standard InChI is InChI=1S/C17H13BrN2O3/c1-11-15(8-9-22-11)17(21)20-19-10-14-6-7-16(23-14)12-2-4-13(18)5-3-12/h2-10H,1H3,(H,20,21). The summed E-state index contributed by atoms with van der Waals surface area (Å²) in [5, 5.41) is 3.89. The number of aryl methyl sites for hydroxylation is 1. The maximum absolute atomic E-state index is 11.9. The lowest BCUT2D eigenvalue weighted by Crippen LogP contribution is -2.17. The highest BCUT2D eigenvalue weighted by atomic mass is 79.9. The average molecular weight is 373 g/mol. The van der Waals surface area contributed by atoms with Gasteiger partial charge in [0, 0.05) is 10.0 Å². The van der Waals surface area contributed by atoms with Gasteiger partial charge in [-0.15, -0.1) is 0 Å². The lowest BCUT2D eigenvalue weighted by atomic mass is 10.2. The molecule has 0 aliphatic heterocycles. The highest BCUT2D eigenvalue weighted by Gasteiger charge is 2.10. The first-order chi connectivity index (χ1) is 11.1. The second kappa shape index (κ2) is 6.66. The molecule has 0 aliphatic carbocycles. The summed E-state index contributed by atoms with van der Waals surface area (Å²) in [6.45, 7) is 1.72. The minimum atomic E-state index is -0.327. The van der Waals surface area contributed by atoms with Gasteiger partial charge in [-0.2, -0.15) is 5.10 Å². The average Bonchev–Trinajstić information content (AvgIpc) is 3.17. The molecule has 0 fully saturated rings. The monoisotopic (exact) mass is 372 g/mol. The number of hydrogen-bond donors (Lipinski definition) is 1. The summed E-state index contributed by atoms with van der Waals surface area (Å²) in [5.41, 5.74) is 3.85. The van der Waals surface area contributed by atoms with Crippen LogP contribution in [0.1, 0.15) is 21.9 Å². The van der Waals surface area contributed by atoms with Crippen molar-refractivity contribution >= 4 is 28.1 Å². The summed E-state index contributed by atoms with van der Waals surface area (Å²) < 4.78 is 11.8. The van der Waals surface area contributed by atoms with E-state index in [2.05, 4.69) is 26.5 Å². The van der Waals surface area contributed by atoms with Crippen LogP contribution in [-0.2, 0) is 0 Å². The van der Waals surface area contributed by atoms with Crippen molar-refractivity contribution in [3.8, 4) is 11.3 Å². The Morgan fingerprint density at radius 3 is 2.65 bits per heavy atom. The molecule has 2 heterocycles. The fraction of sp³-hybridized carbons (Fsp3) is 0.0588. The fourth-order valence-electron chi connectivity index (χ4n) is 2.03. The van der Waals surface area contributed by atoms with Crippen LogP contribution >= 0.6 is 15.9 Å². The van der Waals surface area contributed by atoms with E-state index in [0.29, 0.717) is 17.1 Å². The molecule has 1 N–H and O–H groups in total. The maximum atomic E-state index is 11.9.